The van der Waals surface area contributed by atoms with Gasteiger partial charge in [-0.05, 0) is 24.6 Å². The molecule has 1 rings (SSSR count). The van der Waals surface area contributed by atoms with Crippen molar-refractivity contribution >= 4 is 5.69 Å². The summed E-state index contributed by atoms with van der Waals surface area (Å²) in [6, 6.07) is 5.43. The lowest BCUT2D eigenvalue weighted by Gasteiger charge is -2.05. The third kappa shape index (κ3) is 2.55. The molecule has 0 aliphatic heterocycles. The molecule has 1 N–H and O–H groups in total. The van der Waals surface area contributed by atoms with E-state index in [1.54, 1.807) is 19.1 Å². The van der Waals surface area contributed by atoms with Crippen molar-refractivity contribution in [3.05, 3.63) is 41.1 Å². The van der Waals surface area contributed by atoms with Crippen molar-refractivity contribution in [1.82, 2.24) is 0 Å². The lowest BCUT2D eigenvalue weighted by Crippen LogP contribution is -1.98. The number of anilines is 1. The van der Waals surface area contributed by atoms with Crippen LogP contribution < -0.4 is 5.32 Å². The van der Waals surface area contributed by atoms with Gasteiger partial charge in [-0.1, -0.05) is 0 Å². The second-order valence-electron chi connectivity index (χ2n) is 3.03. The van der Waals surface area contributed by atoms with E-state index in [1.165, 1.54) is 0 Å². The van der Waals surface area contributed by atoms with Crippen molar-refractivity contribution in [2.75, 3.05) is 5.32 Å². The largest absolute Gasteiger partial charge is 0.355 e. The Morgan fingerprint density at radius 1 is 1.25 bits per heavy atom. The molecule has 0 atom stereocenters. The molecule has 0 saturated heterocycles. The summed E-state index contributed by atoms with van der Waals surface area (Å²) >= 11 is 0. The molecule has 16 heavy (non-hydrogen) atoms. The van der Waals surface area contributed by atoms with E-state index in [1.807, 2.05) is 0 Å². The fourth-order valence-electron chi connectivity index (χ4n) is 1.07. The number of rotatable bonds is 2. The van der Waals surface area contributed by atoms with Gasteiger partial charge in [-0.25, -0.2) is 8.78 Å². The summed E-state index contributed by atoms with van der Waals surface area (Å²) in [7, 11) is 0. The van der Waals surface area contributed by atoms with Crippen LogP contribution in [0.4, 0.5) is 14.5 Å². The Balaban J connectivity index is 3.05. The number of nitrogens with one attached hydrogen (secondary N) is 1. The molecule has 1 aromatic rings. The van der Waals surface area contributed by atoms with Crippen LogP contribution in [-0.4, -0.2) is 0 Å². The van der Waals surface area contributed by atoms with E-state index < -0.39 is 11.6 Å². The zero-order valence-corrected chi connectivity index (χ0v) is 8.38. The number of nitrogens with zero attached hydrogens (tertiary/aromatic N) is 2. The molecule has 0 unspecified atom stereocenters. The lowest BCUT2D eigenvalue weighted by molar-refractivity contribution is 0.588. The molecule has 0 bridgehead atoms. The van der Waals surface area contributed by atoms with E-state index >= 15 is 0 Å². The summed E-state index contributed by atoms with van der Waals surface area (Å²) in [6.45, 7) is 1.56. The van der Waals surface area contributed by atoms with Crippen LogP contribution in [0.25, 0.3) is 0 Å². The zero-order valence-electron chi connectivity index (χ0n) is 8.38. The molecule has 0 saturated carbocycles. The van der Waals surface area contributed by atoms with Crippen LogP contribution >= 0.6 is 0 Å². The molecule has 0 aliphatic carbocycles. The monoisotopic (exact) mass is 219 g/mol. The first-order valence-electron chi connectivity index (χ1n) is 4.31. The summed E-state index contributed by atoms with van der Waals surface area (Å²) in [4.78, 5) is 0. The van der Waals surface area contributed by atoms with Crippen LogP contribution in [0.5, 0.6) is 0 Å². The van der Waals surface area contributed by atoms with E-state index in [9.17, 15) is 8.78 Å². The third-order valence-corrected chi connectivity index (χ3v) is 1.79. The number of hydrogen-bond acceptors (Lipinski definition) is 3. The van der Waals surface area contributed by atoms with Crippen molar-refractivity contribution in [1.29, 1.82) is 10.5 Å². The highest BCUT2D eigenvalue weighted by Crippen LogP contribution is 2.20. The van der Waals surface area contributed by atoms with Crippen LogP contribution in [0, 0.1) is 41.2 Å². The van der Waals surface area contributed by atoms with E-state index in [0.29, 0.717) is 5.56 Å². The first-order valence-corrected chi connectivity index (χ1v) is 4.31. The number of benzene rings is 1. The molecule has 0 radical (unpaired) electrons. The highest BCUT2D eigenvalue weighted by Gasteiger charge is 2.08. The third-order valence-electron chi connectivity index (χ3n) is 1.79. The van der Waals surface area contributed by atoms with Gasteiger partial charge >= 0.3 is 0 Å². The second-order valence-corrected chi connectivity index (χ2v) is 3.03. The van der Waals surface area contributed by atoms with Crippen LogP contribution in [0.15, 0.2) is 23.9 Å². The minimum Gasteiger partial charge on any atom is -0.355 e. The molecular weight excluding hydrogens is 212 g/mol. The summed E-state index contributed by atoms with van der Waals surface area (Å²) < 4.78 is 26.5. The van der Waals surface area contributed by atoms with Crippen LogP contribution in [-0.2, 0) is 0 Å². The quantitative estimate of drug-likeness (QED) is 0.778. The molecule has 0 aliphatic rings. The Morgan fingerprint density at radius 2 is 1.75 bits per heavy atom. The van der Waals surface area contributed by atoms with Gasteiger partial charge in [0.05, 0.1) is 0 Å². The minimum atomic E-state index is -0.774. The predicted octanol–water partition coefficient (Wildman–Crippen LogP) is 2.62. The Hall–Kier alpha value is -2.40. The maximum Gasteiger partial charge on any atom is 0.149 e. The lowest BCUT2D eigenvalue weighted by atomic mass is 10.2. The smallest absolute Gasteiger partial charge is 0.149 e. The van der Waals surface area contributed by atoms with Gasteiger partial charge in [0, 0.05) is 6.20 Å². The van der Waals surface area contributed by atoms with Crippen LogP contribution in [0.1, 0.15) is 5.56 Å². The van der Waals surface area contributed by atoms with Gasteiger partial charge < -0.3 is 5.32 Å². The minimum absolute atomic E-state index is 0.264. The normalized spacial score (nSPS) is 8.81. The number of hydrogen-bond donors (Lipinski definition) is 1. The average molecular weight is 219 g/mol. The number of nitriles is 2. The van der Waals surface area contributed by atoms with Gasteiger partial charge in [-0.2, -0.15) is 10.5 Å². The van der Waals surface area contributed by atoms with Crippen molar-refractivity contribution in [2.24, 2.45) is 0 Å². The summed E-state index contributed by atoms with van der Waals surface area (Å²) in [5.41, 5.74) is -0.196. The van der Waals surface area contributed by atoms with Crippen LogP contribution in [0.3, 0.4) is 0 Å². The fourth-order valence-corrected chi connectivity index (χ4v) is 1.07. The van der Waals surface area contributed by atoms with Crippen molar-refractivity contribution in [3.8, 4) is 12.1 Å². The molecule has 0 fully saturated rings. The van der Waals surface area contributed by atoms with Gasteiger partial charge in [-0.3, -0.25) is 0 Å². The second kappa shape index (κ2) is 4.90. The topological polar surface area (TPSA) is 59.6 Å². The fraction of sp³-hybridized carbons (Fsp3) is 0.0909. The molecule has 1 aromatic carbocycles. The van der Waals surface area contributed by atoms with Gasteiger partial charge in [0.25, 0.3) is 0 Å². The molecule has 3 nitrogen and oxygen atoms in total. The van der Waals surface area contributed by atoms with Crippen molar-refractivity contribution in [3.63, 3.8) is 0 Å². The molecule has 0 amide bonds. The zero-order chi connectivity index (χ0) is 12.1. The Kier molecular flexibility index (Phi) is 3.58. The van der Waals surface area contributed by atoms with Crippen molar-refractivity contribution < 1.29 is 8.78 Å². The van der Waals surface area contributed by atoms with Gasteiger partial charge in [0.2, 0.25) is 0 Å². The van der Waals surface area contributed by atoms with E-state index in [4.69, 9.17) is 10.5 Å². The number of aryl methyl sites for hydroxylation is 1. The maximum atomic E-state index is 13.3. The molecular formula is C11H7F2N3. The van der Waals surface area contributed by atoms with Gasteiger partial charge in [0.15, 0.2) is 0 Å². The van der Waals surface area contributed by atoms with Crippen molar-refractivity contribution in [2.45, 2.75) is 6.92 Å². The van der Waals surface area contributed by atoms with E-state index in [0.717, 1.165) is 18.3 Å². The molecule has 80 valence electrons. The van der Waals surface area contributed by atoms with E-state index in [-0.39, 0.29) is 11.3 Å². The highest BCUT2D eigenvalue weighted by atomic mass is 19.1. The summed E-state index contributed by atoms with van der Waals surface area (Å²) in [5, 5.41) is 19.1. The Morgan fingerprint density at radius 3 is 2.19 bits per heavy atom. The highest BCUT2D eigenvalue weighted by molar-refractivity contribution is 5.52. The SMILES string of the molecule is Cc1cc(F)c(NC=C(C#N)C#N)c(F)c1. The Labute approximate surface area is 91.2 Å². The summed E-state index contributed by atoms with van der Waals surface area (Å²) in [6.07, 6.45) is 0.955. The molecule has 0 heterocycles. The first-order chi connectivity index (χ1) is 7.58. The number of allylic oxidation sites excluding steroid dienone is 1. The van der Waals surface area contributed by atoms with Gasteiger partial charge in [0.1, 0.15) is 35.0 Å². The summed E-state index contributed by atoms with van der Waals surface area (Å²) in [5.74, 6) is -1.55. The first kappa shape index (κ1) is 11.7. The molecule has 0 spiro atoms. The number of halogens is 2. The van der Waals surface area contributed by atoms with Gasteiger partial charge in [-0.15, -0.1) is 0 Å². The van der Waals surface area contributed by atoms with E-state index in [2.05, 4.69) is 5.32 Å². The van der Waals surface area contributed by atoms with Crippen LogP contribution in [0.2, 0.25) is 0 Å². The molecule has 0 aromatic heterocycles. The molecule has 5 heteroatoms. The standard InChI is InChI=1S/C11H7F2N3/c1-7-2-9(12)11(10(13)3-7)16-6-8(4-14)5-15/h2-3,6,16H,1H3. The maximum absolute atomic E-state index is 13.3. The average Bonchev–Trinajstić information content (AvgIpc) is 2.22. The predicted molar refractivity (Wildman–Crippen MR) is 54.0 cm³/mol. The Bertz CT molecular complexity index is 482.